The first-order chi connectivity index (χ1) is 7.58. The van der Waals surface area contributed by atoms with Crippen LogP contribution in [0, 0.1) is 9.54 Å². The maximum Gasteiger partial charge on any atom is 0.251 e. The number of H-pyrrole nitrogens is 3. The molecule has 16 heavy (non-hydrogen) atoms. The fraction of sp³-hybridized carbons (Fsp3) is 0. The van der Waals surface area contributed by atoms with Crippen molar-refractivity contribution in [2.75, 3.05) is 5.73 Å². The molecule has 2 heterocycles. The number of nitrogens with one attached hydrogen (secondary N) is 3. The van der Waals surface area contributed by atoms with E-state index in [2.05, 4.69) is 44.4 Å². The van der Waals surface area contributed by atoms with Gasteiger partial charge in [0.2, 0.25) is 0 Å². The third-order valence-corrected chi connectivity index (χ3v) is 1.81. The molecular formula is C8H9N5OS2. The molecule has 0 atom stereocenters. The molecule has 0 spiro atoms. The lowest BCUT2D eigenvalue weighted by atomic mass is 10.6. The summed E-state index contributed by atoms with van der Waals surface area (Å²) in [6.45, 7) is 0. The van der Waals surface area contributed by atoms with Crippen LogP contribution in [-0.2, 0) is 0 Å². The number of nitrogen functional groups attached to an aromatic ring is 1. The molecule has 8 heteroatoms. The third kappa shape index (κ3) is 4.62. The Morgan fingerprint density at radius 2 is 2.00 bits per heavy atom. The standard InChI is InChI=1S/C4H5N3S.C4H4N2OS/c5-3-1-2-6-4(8)7-3;7-3-1-2-5-4(8)6-3/h1-2H,(H3,5,6,7,8);1-2H,(H2,5,6,7,8). The van der Waals surface area contributed by atoms with E-state index in [0.717, 1.165) is 0 Å². The van der Waals surface area contributed by atoms with Crippen LogP contribution >= 0.6 is 24.4 Å². The Kier molecular flexibility index (Phi) is 4.55. The van der Waals surface area contributed by atoms with Crippen molar-refractivity contribution in [1.82, 2.24) is 19.9 Å². The average molecular weight is 255 g/mol. The summed E-state index contributed by atoms with van der Waals surface area (Å²) in [6.07, 6.45) is 3.06. The minimum absolute atomic E-state index is 0.172. The topological polar surface area (TPSA) is 103 Å². The molecule has 2 aromatic rings. The van der Waals surface area contributed by atoms with Crippen LogP contribution in [0.4, 0.5) is 5.82 Å². The molecule has 84 valence electrons. The Balaban J connectivity index is 0.000000160. The average Bonchev–Trinajstić information content (AvgIpc) is 2.17. The first kappa shape index (κ1) is 12.3. The molecule has 2 rings (SSSR count). The summed E-state index contributed by atoms with van der Waals surface area (Å²) in [5.74, 6) is 0.546. The summed E-state index contributed by atoms with van der Waals surface area (Å²) in [7, 11) is 0. The number of rotatable bonds is 0. The molecule has 0 unspecified atom stereocenters. The molecule has 2 aromatic heterocycles. The molecule has 0 aliphatic rings. The van der Waals surface area contributed by atoms with Gasteiger partial charge in [-0.2, -0.15) is 0 Å². The van der Waals surface area contributed by atoms with E-state index >= 15 is 0 Å². The molecule has 0 aromatic carbocycles. The van der Waals surface area contributed by atoms with Gasteiger partial charge in [-0.3, -0.25) is 9.78 Å². The summed E-state index contributed by atoms with van der Waals surface area (Å²) in [4.78, 5) is 21.7. The summed E-state index contributed by atoms with van der Waals surface area (Å²) in [6, 6.07) is 3.02. The van der Waals surface area contributed by atoms with Crippen LogP contribution < -0.4 is 11.3 Å². The summed E-state index contributed by atoms with van der Waals surface area (Å²) >= 11 is 9.24. The van der Waals surface area contributed by atoms with Crippen molar-refractivity contribution in [3.05, 3.63) is 44.4 Å². The zero-order valence-electron chi connectivity index (χ0n) is 8.06. The minimum Gasteiger partial charge on any atom is -0.385 e. The van der Waals surface area contributed by atoms with Crippen molar-refractivity contribution in [3.8, 4) is 0 Å². The van der Waals surface area contributed by atoms with Crippen molar-refractivity contribution in [2.24, 2.45) is 0 Å². The molecule has 0 aliphatic heterocycles. The van der Waals surface area contributed by atoms with E-state index in [1.165, 1.54) is 12.3 Å². The highest BCUT2D eigenvalue weighted by atomic mass is 32.1. The molecule has 0 aliphatic carbocycles. The first-order valence-electron chi connectivity index (χ1n) is 4.17. The predicted molar refractivity (Wildman–Crippen MR) is 66.1 cm³/mol. The van der Waals surface area contributed by atoms with Gasteiger partial charge in [0.15, 0.2) is 9.54 Å². The van der Waals surface area contributed by atoms with Crippen LogP contribution in [0.3, 0.4) is 0 Å². The lowest BCUT2D eigenvalue weighted by Gasteiger charge is -1.86. The van der Waals surface area contributed by atoms with Crippen molar-refractivity contribution in [3.63, 3.8) is 0 Å². The highest BCUT2D eigenvalue weighted by molar-refractivity contribution is 7.71. The van der Waals surface area contributed by atoms with E-state index in [1.807, 2.05) is 0 Å². The van der Waals surface area contributed by atoms with Gasteiger partial charge in [0, 0.05) is 18.5 Å². The highest BCUT2D eigenvalue weighted by Crippen LogP contribution is 1.89. The normalized spacial score (nSPS) is 9.00. The molecule has 5 N–H and O–H groups in total. The van der Waals surface area contributed by atoms with E-state index in [4.69, 9.17) is 5.73 Å². The van der Waals surface area contributed by atoms with Gasteiger partial charge in [-0.25, -0.2) is 4.98 Å². The zero-order valence-corrected chi connectivity index (χ0v) is 9.69. The van der Waals surface area contributed by atoms with E-state index in [0.29, 0.717) is 15.4 Å². The Labute approximate surface area is 101 Å². The number of hydrogen-bond acceptors (Lipinski definition) is 5. The van der Waals surface area contributed by atoms with Crippen LogP contribution in [0.1, 0.15) is 0 Å². The van der Waals surface area contributed by atoms with Crippen LogP contribution in [-0.4, -0.2) is 19.9 Å². The second kappa shape index (κ2) is 5.93. The summed E-state index contributed by atoms with van der Waals surface area (Å²) < 4.78 is 0.780. The van der Waals surface area contributed by atoms with Gasteiger partial charge in [-0.1, -0.05) is 0 Å². The number of aromatic amines is 3. The van der Waals surface area contributed by atoms with E-state index in [-0.39, 0.29) is 5.56 Å². The highest BCUT2D eigenvalue weighted by Gasteiger charge is 1.77. The molecule has 6 nitrogen and oxygen atoms in total. The van der Waals surface area contributed by atoms with Gasteiger partial charge in [0.1, 0.15) is 5.82 Å². The molecule has 0 bridgehead atoms. The lowest BCUT2D eigenvalue weighted by Crippen LogP contribution is -2.02. The van der Waals surface area contributed by atoms with Crippen LogP contribution in [0.25, 0.3) is 0 Å². The SMILES string of the molecule is Nc1ccnc(=S)[nH]1.O=c1cc[nH]c(=S)[nH]1. The Hall–Kier alpha value is -1.80. The quantitative estimate of drug-likeness (QED) is 0.529. The minimum atomic E-state index is -0.172. The molecule has 0 saturated heterocycles. The first-order valence-corrected chi connectivity index (χ1v) is 4.98. The van der Waals surface area contributed by atoms with Gasteiger partial charge in [0.05, 0.1) is 0 Å². The maximum atomic E-state index is 10.3. The van der Waals surface area contributed by atoms with Crippen LogP contribution in [0.15, 0.2) is 29.3 Å². The maximum absolute atomic E-state index is 10.3. The second-order valence-electron chi connectivity index (χ2n) is 2.63. The smallest absolute Gasteiger partial charge is 0.251 e. The van der Waals surface area contributed by atoms with Crippen molar-refractivity contribution < 1.29 is 0 Å². The van der Waals surface area contributed by atoms with Gasteiger partial charge in [-0.15, -0.1) is 0 Å². The van der Waals surface area contributed by atoms with Crippen molar-refractivity contribution in [1.29, 1.82) is 0 Å². The second-order valence-corrected chi connectivity index (χ2v) is 3.42. The number of anilines is 1. The third-order valence-electron chi connectivity index (χ3n) is 1.38. The molecule has 0 radical (unpaired) electrons. The number of aromatic nitrogens is 4. The van der Waals surface area contributed by atoms with Crippen LogP contribution in [0.5, 0.6) is 0 Å². The molecule has 0 amide bonds. The predicted octanol–water partition coefficient (Wildman–Crippen LogP) is 1.15. The van der Waals surface area contributed by atoms with Crippen molar-refractivity contribution >= 4 is 30.3 Å². The lowest BCUT2D eigenvalue weighted by molar-refractivity contribution is 1.09. The van der Waals surface area contributed by atoms with Gasteiger partial charge in [-0.05, 0) is 30.5 Å². The number of nitrogens with zero attached hydrogens (tertiary/aromatic N) is 1. The fourth-order valence-corrected chi connectivity index (χ4v) is 1.11. The fourth-order valence-electron chi connectivity index (χ4n) is 0.765. The van der Waals surface area contributed by atoms with E-state index in [9.17, 15) is 4.79 Å². The Bertz CT molecular complexity index is 589. The summed E-state index contributed by atoms with van der Waals surface area (Å²) in [5.41, 5.74) is 5.12. The van der Waals surface area contributed by atoms with Gasteiger partial charge >= 0.3 is 0 Å². The van der Waals surface area contributed by atoms with E-state index in [1.54, 1.807) is 12.3 Å². The number of nitrogens with two attached hydrogens (primary N) is 1. The molecule has 0 fully saturated rings. The van der Waals surface area contributed by atoms with Crippen molar-refractivity contribution in [2.45, 2.75) is 0 Å². The summed E-state index contributed by atoms with van der Waals surface area (Å²) in [5, 5.41) is 0. The molecular weight excluding hydrogens is 246 g/mol. The molecule has 0 saturated carbocycles. The van der Waals surface area contributed by atoms with Gasteiger partial charge in [0.25, 0.3) is 5.56 Å². The number of hydrogen-bond donors (Lipinski definition) is 4. The van der Waals surface area contributed by atoms with Gasteiger partial charge < -0.3 is 15.7 Å². The Morgan fingerprint density at radius 3 is 2.38 bits per heavy atom. The van der Waals surface area contributed by atoms with Crippen LogP contribution in [0.2, 0.25) is 0 Å². The zero-order chi connectivity index (χ0) is 12.0. The Morgan fingerprint density at radius 1 is 1.25 bits per heavy atom. The van der Waals surface area contributed by atoms with E-state index < -0.39 is 0 Å². The largest absolute Gasteiger partial charge is 0.385 e. The monoisotopic (exact) mass is 255 g/mol.